The maximum atomic E-state index is 11.1. The zero-order valence-electron chi connectivity index (χ0n) is 28.3. The van der Waals surface area contributed by atoms with Crippen molar-refractivity contribution < 1.29 is 5.11 Å². The van der Waals surface area contributed by atoms with E-state index in [0.717, 1.165) is 55.4 Å². The van der Waals surface area contributed by atoms with E-state index in [1.165, 1.54) is 11.1 Å². The van der Waals surface area contributed by atoms with Crippen LogP contribution in [0.3, 0.4) is 0 Å². The summed E-state index contributed by atoms with van der Waals surface area (Å²) in [5.41, 5.74) is 12.5. The van der Waals surface area contributed by atoms with Gasteiger partial charge in [0.15, 0.2) is 0 Å². The number of rotatable bonds is 4. The Bertz CT molecular complexity index is 2280. The molecule has 2 heterocycles. The molecule has 1 N–H and O–H groups in total. The van der Waals surface area contributed by atoms with E-state index in [-0.39, 0.29) is 16.6 Å². The van der Waals surface area contributed by atoms with Crippen LogP contribution >= 0.6 is 0 Å². The maximum absolute atomic E-state index is 11.1. The molecule has 0 saturated heterocycles. The van der Waals surface area contributed by atoms with Gasteiger partial charge >= 0.3 is 0 Å². The molecule has 5 aromatic carbocycles. The third kappa shape index (κ3) is 5.59. The second-order valence-electron chi connectivity index (χ2n) is 14.7. The number of aromatic hydroxyl groups is 1. The smallest absolute Gasteiger partial charge is 0.149 e. The summed E-state index contributed by atoms with van der Waals surface area (Å²) in [7, 11) is 0. The van der Waals surface area contributed by atoms with Crippen molar-refractivity contribution in [2.45, 2.75) is 59.3 Å². The van der Waals surface area contributed by atoms with Crippen molar-refractivity contribution in [3.63, 3.8) is 0 Å². The van der Waals surface area contributed by atoms with Crippen LogP contribution in [0.4, 0.5) is 0 Å². The lowest BCUT2D eigenvalue weighted by Crippen LogP contribution is -2.11. The molecule has 0 amide bonds. The number of phenols is 1. The van der Waals surface area contributed by atoms with Crippen LogP contribution < -0.4 is 0 Å². The van der Waals surface area contributed by atoms with Crippen LogP contribution in [0.1, 0.15) is 58.2 Å². The zero-order chi connectivity index (χ0) is 33.1. The molecule has 4 heteroatoms. The monoisotopic (exact) mass is 615 g/mol. The minimum Gasteiger partial charge on any atom is -0.507 e. The van der Waals surface area contributed by atoms with Crippen LogP contribution in [0.2, 0.25) is 0 Å². The van der Waals surface area contributed by atoms with Gasteiger partial charge in [0.2, 0.25) is 0 Å². The average Bonchev–Trinajstić information content (AvgIpc) is 3.44. The van der Waals surface area contributed by atoms with Crippen LogP contribution in [0, 0.1) is 6.92 Å². The summed E-state index contributed by atoms with van der Waals surface area (Å²) < 4.78 is 2.17. The molecule has 4 nitrogen and oxygen atoms in total. The van der Waals surface area contributed by atoms with Gasteiger partial charge < -0.3 is 5.11 Å². The number of hydrogen-bond donors (Lipinski definition) is 1. The Morgan fingerprint density at radius 2 is 1.30 bits per heavy atom. The molecule has 7 rings (SSSR count). The fourth-order valence-corrected chi connectivity index (χ4v) is 6.41. The van der Waals surface area contributed by atoms with E-state index in [4.69, 9.17) is 9.97 Å². The van der Waals surface area contributed by atoms with Gasteiger partial charge in [0.05, 0.1) is 22.1 Å². The number of benzene rings is 5. The molecule has 0 saturated carbocycles. The Kier molecular flexibility index (Phi) is 7.28. The highest BCUT2D eigenvalue weighted by molar-refractivity contribution is 5.99. The molecule has 0 aliphatic carbocycles. The van der Waals surface area contributed by atoms with Gasteiger partial charge in [-0.2, -0.15) is 0 Å². The number of nitrogens with zero attached hydrogens (tertiary/aromatic N) is 3. The van der Waals surface area contributed by atoms with E-state index in [1.807, 2.05) is 31.3 Å². The molecule has 0 atom stereocenters. The Morgan fingerprint density at radius 1 is 0.596 bits per heavy atom. The molecular formula is C43H41N3O. The molecule has 0 spiro atoms. The van der Waals surface area contributed by atoms with Gasteiger partial charge in [-0.15, -0.1) is 0 Å². The van der Waals surface area contributed by atoms with E-state index < -0.39 is 0 Å². The van der Waals surface area contributed by atoms with Gasteiger partial charge in [-0.3, -0.25) is 9.55 Å². The van der Waals surface area contributed by atoms with Gasteiger partial charge in [0.25, 0.3) is 0 Å². The molecular weight excluding hydrogens is 574 g/mol. The summed E-state index contributed by atoms with van der Waals surface area (Å²) >= 11 is 0. The van der Waals surface area contributed by atoms with Crippen molar-refractivity contribution in [1.29, 1.82) is 0 Å². The Labute approximate surface area is 277 Å². The fraction of sp³-hybridized carbons (Fsp3) is 0.209. The molecule has 0 aliphatic heterocycles. The lowest BCUT2D eigenvalue weighted by Gasteiger charge is -2.21. The average molecular weight is 616 g/mol. The molecule has 47 heavy (non-hydrogen) atoms. The van der Waals surface area contributed by atoms with Gasteiger partial charge in [0.1, 0.15) is 11.6 Å². The Morgan fingerprint density at radius 3 is 2.02 bits per heavy atom. The first-order valence-corrected chi connectivity index (χ1v) is 16.3. The lowest BCUT2D eigenvalue weighted by molar-refractivity contribution is 0.476. The van der Waals surface area contributed by atoms with Crippen molar-refractivity contribution in [3.8, 4) is 45.1 Å². The van der Waals surface area contributed by atoms with Crippen molar-refractivity contribution in [1.82, 2.24) is 14.5 Å². The summed E-state index contributed by atoms with van der Waals surface area (Å²) in [6, 6.07) is 38.2. The van der Waals surface area contributed by atoms with E-state index in [1.54, 1.807) is 6.07 Å². The highest BCUT2D eigenvalue weighted by Gasteiger charge is 2.22. The highest BCUT2D eigenvalue weighted by atomic mass is 16.3. The van der Waals surface area contributed by atoms with Crippen molar-refractivity contribution in [3.05, 3.63) is 132 Å². The predicted molar refractivity (Wildman–Crippen MR) is 196 cm³/mol. The van der Waals surface area contributed by atoms with Crippen LogP contribution in [0.5, 0.6) is 5.75 Å². The number of fused-ring (bicyclic) bond motifs is 2. The third-order valence-electron chi connectivity index (χ3n) is 9.13. The second kappa shape index (κ2) is 11.2. The largest absolute Gasteiger partial charge is 0.507 e. The topological polar surface area (TPSA) is 50.9 Å². The predicted octanol–water partition coefficient (Wildman–Crippen LogP) is 11.2. The highest BCUT2D eigenvalue weighted by Crippen LogP contribution is 2.40. The number of imidazole rings is 1. The number of aryl methyl sites for hydroxylation is 1. The fourth-order valence-electron chi connectivity index (χ4n) is 6.41. The minimum absolute atomic E-state index is 0.00233. The molecule has 0 aliphatic rings. The van der Waals surface area contributed by atoms with E-state index in [2.05, 4.69) is 131 Å². The standard InChI is InChI=1S/C43H41N3O/c1-27-16-21-38(47)36(23-27)41-45-40-34(14-9-15-37(40)46(41)33-19-17-31(18-20-33)42(2,3)4)28-11-8-12-29(24-28)35-26-32(43(5,6)7)25-30-13-10-22-44-39(30)35/h8-26,47H,1-7H3. The normalized spacial score (nSPS) is 12.2. The van der Waals surface area contributed by atoms with Crippen molar-refractivity contribution >= 4 is 21.9 Å². The number of aromatic nitrogens is 3. The molecule has 0 radical (unpaired) electrons. The number of pyridine rings is 1. The molecule has 2 aromatic heterocycles. The van der Waals surface area contributed by atoms with Crippen molar-refractivity contribution in [2.24, 2.45) is 0 Å². The summed E-state index contributed by atoms with van der Waals surface area (Å²) in [5, 5.41) is 12.2. The van der Waals surface area contributed by atoms with Crippen LogP contribution in [0.25, 0.3) is 61.3 Å². The molecule has 0 unspecified atom stereocenters. The Hall–Kier alpha value is -5.22. The molecule has 7 aromatic rings. The number of para-hydroxylation sites is 1. The summed E-state index contributed by atoms with van der Waals surface area (Å²) in [6.07, 6.45) is 1.87. The van der Waals surface area contributed by atoms with Crippen LogP contribution in [0.15, 0.2) is 115 Å². The van der Waals surface area contributed by atoms with E-state index in [0.29, 0.717) is 11.4 Å². The quantitative estimate of drug-likeness (QED) is 0.214. The lowest BCUT2D eigenvalue weighted by atomic mass is 9.84. The number of phenolic OH excluding ortho intramolecular Hbond substituents is 1. The van der Waals surface area contributed by atoms with Gasteiger partial charge in [-0.1, -0.05) is 102 Å². The van der Waals surface area contributed by atoms with Crippen LogP contribution in [-0.2, 0) is 10.8 Å². The van der Waals surface area contributed by atoms with Gasteiger partial charge in [-0.05, 0) is 94.6 Å². The van der Waals surface area contributed by atoms with E-state index >= 15 is 0 Å². The summed E-state index contributed by atoms with van der Waals surface area (Å²) in [4.78, 5) is 10.1. The first kappa shape index (κ1) is 30.4. The molecule has 234 valence electrons. The molecule has 0 bridgehead atoms. The minimum atomic E-state index is -0.00233. The van der Waals surface area contributed by atoms with E-state index in [9.17, 15) is 5.11 Å². The summed E-state index contributed by atoms with van der Waals surface area (Å²) in [6.45, 7) is 15.5. The van der Waals surface area contributed by atoms with Crippen molar-refractivity contribution in [2.75, 3.05) is 0 Å². The number of hydrogen-bond acceptors (Lipinski definition) is 3. The van der Waals surface area contributed by atoms with Crippen LogP contribution in [-0.4, -0.2) is 19.6 Å². The summed E-state index contributed by atoms with van der Waals surface area (Å²) in [5.74, 6) is 0.918. The zero-order valence-corrected chi connectivity index (χ0v) is 28.3. The first-order chi connectivity index (χ1) is 22.4. The first-order valence-electron chi connectivity index (χ1n) is 16.3. The Balaban J connectivity index is 1.45. The maximum Gasteiger partial charge on any atom is 0.149 e. The van der Waals surface area contributed by atoms with Gasteiger partial charge in [-0.25, -0.2) is 4.98 Å². The SMILES string of the molecule is Cc1ccc(O)c(-c2nc3c(-c4cccc(-c5cc(C(C)(C)C)cc6cccnc56)c4)cccc3n2-c2ccc(C(C)(C)C)cc2)c1. The second-order valence-corrected chi connectivity index (χ2v) is 14.7. The third-order valence-corrected chi connectivity index (χ3v) is 9.13. The van der Waals surface area contributed by atoms with Gasteiger partial charge in [0, 0.05) is 28.4 Å². The molecule has 0 fully saturated rings.